The highest BCUT2D eigenvalue weighted by atomic mass is 16.1. The SMILES string of the molecule is NCCCC(=O)c1ccc(-c2ccc3c(Nc4ccccc4)c(C(N)=O)cnc3c2)cc1. The third-order valence-corrected chi connectivity index (χ3v) is 5.33. The van der Waals surface area contributed by atoms with E-state index < -0.39 is 5.91 Å². The summed E-state index contributed by atoms with van der Waals surface area (Å²) in [4.78, 5) is 28.7. The summed E-state index contributed by atoms with van der Waals surface area (Å²) in [5, 5.41) is 4.10. The summed E-state index contributed by atoms with van der Waals surface area (Å²) < 4.78 is 0. The van der Waals surface area contributed by atoms with Crippen molar-refractivity contribution in [3.05, 3.63) is 90.1 Å². The van der Waals surface area contributed by atoms with Crippen molar-refractivity contribution < 1.29 is 9.59 Å². The Balaban J connectivity index is 1.69. The molecule has 0 saturated heterocycles. The largest absolute Gasteiger partial charge is 0.365 e. The third kappa shape index (κ3) is 4.50. The fourth-order valence-electron chi connectivity index (χ4n) is 3.62. The van der Waals surface area contributed by atoms with Crippen LogP contribution in [-0.2, 0) is 0 Å². The molecule has 0 spiro atoms. The molecular formula is C26H24N4O2. The van der Waals surface area contributed by atoms with Crippen LogP contribution in [-0.4, -0.2) is 23.2 Å². The van der Waals surface area contributed by atoms with E-state index in [0.717, 1.165) is 27.7 Å². The fraction of sp³-hybridized carbons (Fsp3) is 0.115. The normalized spacial score (nSPS) is 10.8. The van der Waals surface area contributed by atoms with Crippen molar-refractivity contribution in [1.29, 1.82) is 0 Å². The molecule has 0 radical (unpaired) electrons. The molecule has 160 valence electrons. The smallest absolute Gasteiger partial charge is 0.252 e. The second-order valence-electron chi connectivity index (χ2n) is 7.53. The molecule has 0 atom stereocenters. The number of aromatic nitrogens is 1. The first-order valence-corrected chi connectivity index (χ1v) is 10.4. The van der Waals surface area contributed by atoms with Crippen molar-refractivity contribution in [2.45, 2.75) is 12.8 Å². The lowest BCUT2D eigenvalue weighted by Crippen LogP contribution is -2.14. The van der Waals surface area contributed by atoms with Gasteiger partial charge in [0.1, 0.15) is 0 Å². The molecule has 0 aliphatic carbocycles. The van der Waals surface area contributed by atoms with Crippen molar-refractivity contribution in [2.75, 3.05) is 11.9 Å². The zero-order valence-electron chi connectivity index (χ0n) is 17.5. The number of nitrogens with two attached hydrogens (primary N) is 2. The number of anilines is 2. The Morgan fingerprint density at radius 1 is 0.906 bits per heavy atom. The minimum Gasteiger partial charge on any atom is -0.365 e. The zero-order chi connectivity index (χ0) is 22.5. The van der Waals surface area contributed by atoms with Crippen molar-refractivity contribution in [3.8, 4) is 11.1 Å². The number of carbonyl (C=O) groups excluding carboxylic acids is 2. The van der Waals surface area contributed by atoms with E-state index in [1.807, 2.05) is 72.8 Å². The van der Waals surface area contributed by atoms with Gasteiger partial charge in [-0.3, -0.25) is 14.6 Å². The van der Waals surface area contributed by atoms with Gasteiger partial charge in [-0.05, 0) is 42.3 Å². The predicted molar refractivity (Wildman–Crippen MR) is 128 cm³/mol. The highest BCUT2D eigenvalue weighted by Crippen LogP contribution is 2.32. The molecule has 0 aliphatic rings. The van der Waals surface area contributed by atoms with E-state index in [1.54, 1.807) is 0 Å². The molecule has 1 heterocycles. The Hall–Kier alpha value is -4.03. The average molecular weight is 425 g/mol. The number of ketones is 1. The predicted octanol–water partition coefficient (Wildman–Crippen LogP) is 4.67. The number of fused-ring (bicyclic) bond motifs is 1. The molecule has 4 rings (SSSR count). The number of hydrogen-bond acceptors (Lipinski definition) is 5. The molecule has 0 bridgehead atoms. The Morgan fingerprint density at radius 3 is 2.31 bits per heavy atom. The van der Waals surface area contributed by atoms with E-state index in [4.69, 9.17) is 11.5 Å². The Labute approximate surface area is 186 Å². The number of Topliss-reactive ketones (excluding diaryl/α,β-unsaturated/α-hetero) is 1. The quantitative estimate of drug-likeness (QED) is 0.356. The van der Waals surface area contributed by atoms with Crippen LogP contribution in [0.25, 0.3) is 22.0 Å². The molecule has 0 saturated carbocycles. The van der Waals surface area contributed by atoms with Gasteiger partial charge >= 0.3 is 0 Å². The van der Waals surface area contributed by atoms with Gasteiger partial charge in [0.15, 0.2) is 5.78 Å². The number of nitrogens with zero attached hydrogens (tertiary/aromatic N) is 1. The first kappa shape index (κ1) is 21.2. The Kier molecular flexibility index (Phi) is 6.24. The van der Waals surface area contributed by atoms with E-state index >= 15 is 0 Å². The first-order valence-electron chi connectivity index (χ1n) is 10.4. The van der Waals surface area contributed by atoms with Gasteiger partial charge in [0, 0.05) is 29.3 Å². The lowest BCUT2D eigenvalue weighted by atomic mass is 9.99. The summed E-state index contributed by atoms with van der Waals surface area (Å²) in [6.45, 7) is 0.506. The van der Waals surface area contributed by atoms with Crippen LogP contribution < -0.4 is 16.8 Å². The summed E-state index contributed by atoms with van der Waals surface area (Å²) in [7, 11) is 0. The summed E-state index contributed by atoms with van der Waals surface area (Å²) in [5.41, 5.74) is 16.2. The van der Waals surface area contributed by atoms with Crippen molar-refractivity contribution in [2.24, 2.45) is 11.5 Å². The van der Waals surface area contributed by atoms with Crippen LogP contribution in [0.3, 0.4) is 0 Å². The maximum absolute atomic E-state index is 12.2. The summed E-state index contributed by atoms with van der Waals surface area (Å²) in [6, 6.07) is 23.0. The van der Waals surface area contributed by atoms with Gasteiger partial charge in [-0.1, -0.05) is 54.6 Å². The van der Waals surface area contributed by atoms with E-state index in [0.29, 0.717) is 36.2 Å². The standard InChI is InChI=1S/C26H24N4O2/c27-14-4-7-24(31)18-10-8-17(9-11-18)19-12-13-21-23(15-19)29-16-22(26(28)32)25(21)30-20-5-2-1-3-6-20/h1-3,5-6,8-13,15-16H,4,7,14,27H2,(H2,28,32)(H,29,30). The Bertz CT molecular complexity index is 1270. The number of hydrogen-bond donors (Lipinski definition) is 3. The maximum Gasteiger partial charge on any atom is 0.252 e. The number of nitrogens with one attached hydrogen (secondary N) is 1. The zero-order valence-corrected chi connectivity index (χ0v) is 17.5. The number of pyridine rings is 1. The lowest BCUT2D eigenvalue weighted by molar-refractivity contribution is 0.0978. The molecule has 32 heavy (non-hydrogen) atoms. The van der Waals surface area contributed by atoms with Gasteiger partial charge in [0.05, 0.1) is 16.8 Å². The van der Waals surface area contributed by atoms with Gasteiger partial charge in [-0.15, -0.1) is 0 Å². The van der Waals surface area contributed by atoms with Crippen molar-refractivity contribution in [3.63, 3.8) is 0 Å². The van der Waals surface area contributed by atoms with Crippen LogP contribution >= 0.6 is 0 Å². The molecule has 1 amide bonds. The van der Waals surface area contributed by atoms with Crippen molar-refractivity contribution in [1.82, 2.24) is 4.98 Å². The molecule has 3 aromatic carbocycles. The molecule has 0 unspecified atom stereocenters. The molecule has 5 N–H and O–H groups in total. The number of rotatable bonds is 8. The highest BCUT2D eigenvalue weighted by molar-refractivity contribution is 6.08. The molecule has 1 aromatic heterocycles. The maximum atomic E-state index is 12.2. The van der Waals surface area contributed by atoms with E-state index in [9.17, 15) is 9.59 Å². The van der Waals surface area contributed by atoms with Gasteiger partial charge in [-0.25, -0.2) is 0 Å². The fourth-order valence-corrected chi connectivity index (χ4v) is 3.62. The number of benzene rings is 3. The van der Waals surface area contributed by atoms with Gasteiger partial charge in [0.25, 0.3) is 5.91 Å². The van der Waals surface area contributed by atoms with E-state index in [1.165, 1.54) is 6.20 Å². The molecule has 0 fully saturated rings. The van der Waals surface area contributed by atoms with Gasteiger partial charge in [0.2, 0.25) is 0 Å². The molecule has 0 aliphatic heterocycles. The first-order chi connectivity index (χ1) is 15.6. The topological polar surface area (TPSA) is 111 Å². The highest BCUT2D eigenvalue weighted by Gasteiger charge is 2.14. The number of para-hydroxylation sites is 1. The van der Waals surface area contributed by atoms with Crippen LogP contribution in [0.1, 0.15) is 33.6 Å². The summed E-state index contributed by atoms with van der Waals surface area (Å²) >= 11 is 0. The summed E-state index contributed by atoms with van der Waals surface area (Å²) in [6.07, 6.45) is 2.64. The molecule has 4 aromatic rings. The number of amides is 1. The van der Waals surface area contributed by atoms with Crippen LogP contribution in [0, 0.1) is 0 Å². The van der Waals surface area contributed by atoms with Gasteiger partial charge in [-0.2, -0.15) is 0 Å². The average Bonchev–Trinajstić information content (AvgIpc) is 2.83. The van der Waals surface area contributed by atoms with Gasteiger partial charge < -0.3 is 16.8 Å². The minimum absolute atomic E-state index is 0.0952. The second-order valence-corrected chi connectivity index (χ2v) is 7.53. The van der Waals surface area contributed by atoms with Crippen LogP contribution in [0.2, 0.25) is 0 Å². The van der Waals surface area contributed by atoms with Crippen LogP contribution in [0.5, 0.6) is 0 Å². The number of carbonyl (C=O) groups is 2. The summed E-state index contributed by atoms with van der Waals surface area (Å²) in [5.74, 6) is -0.449. The van der Waals surface area contributed by atoms with Crippen LogP contribution in [0.15, 0.2) is 79.0 Å². The third-order valence-electron chi connectivity index (χ3n) is 5.33. The van der Waals surface area contributed by atoms with E-state index in [-0.39, 0.29) is 5.78 Å². The van der Waals surface area contributed by atoms with E-state index in [2.05, 4.69) is 10.3 Å². The minimum atomic E-state index is -0.545. The molecular weight excluding hydrogens is 400 g/mol. The second kappa shape index (κ2) is 9.41. The number of primary amides is 1. The lowest BCUT2D eigenvalue weighted by Gasteiger charge is -2.14. The molecule has 6 nitrogen and oxygen atoms in total. The van der Waals surface area contributed by atoms with Crippen molar-refractivity contribution >= 4 is 34.0 Å². The monoisotopic (exact) mass is 424 g/mol. The Morgan fingerprint density at radius 2 is 1.62 bits per heavy atom. The molecule has 6 heteroatoms. The van der Waals surface area contributed by atoms with Crippen LogP contribution in [0.4, 0.5) is 11.4 Å².